The number of nitrogens with zero attached hydrogens (tertiary/aromatic N) is 1. The molecule has 1 aromatic rings. The van der Waals surface area contributed by atoms with E-state index < -0.39 is 0 Å². The zero-order valence-electron chi connectivity index (χ0n) is 9.66. The molecule has 0 saturated heterocycles. The van der Waals surface area contributed by atoms with Gasteiger partial charge in [0.25, 0.3) is 0 Å². The first-order valence-electron chi connectivity index (χ1n) is 5.61. The molecule has 0 fully saturated rings. The van der Waals surface area contributed by atoms with Crippen LogP contribution in [0.4, 0.5) is 4.39 Å². The summed E-state index contributed by atoms with van der Waals surface area (Å²) in [5.74, 6) is -0.190. The molecule has 1 aliphatic carbocycles. The third-order valence-corrected chi connectivity index (χ3v) is 3.35. The standard InChI is InChI=1S/C13H16FNO/c1-9(16)15(2)13-5-3-4-10-6-7-11(14)8-12(10)13/h6-8,13H,3-5H2,1-2H3. The Morgan fingerprint density at radius 2 is 2.25 bits per heavy atom. The fraction of sp³-hybridized carbons (Fsp3) is 0.462. The first kappa shape index (κ1) is 11.1. The molecule has 0 aromatic heterocycles. The number of benzene rings is 1. The van der Waals surface area contributed by atoms with Crippen LogP contribution in [0.15, 0.2) is 18.2 Å². The Kier molecular flexibility index (Phi) is 2.95. The maximum atomic E-state index is 13.2. The van der Waals surface area contributed by atoms with Crippen molar-refractivity contribution in [3.63, 3.8) is 0 Å². The smallest absolute Gasteiger partial charge is 0.219 e. The van der Waals surface area contributed by atoms with E-state index in [4.69, 9.17) is 0 Å². The minimum absolute atomic E-state index is 0.0297. The van der Waals surface area contributed by atoms with Gasteiger partial charge in [-0.3, -0.25) is 4.79 Å². The maximum Gasteiger partial charge on any atom is 0.219 e. The number of hydrogen-bond donors (Lipinski definition) is 0. The summed E-state index contributed by atoms with van der Waals surface area (Å²) >= 11 is 0. The van der Waals surface area contributed by atoms with Gasteiger partial charge in [-0.05, 0) is 42.5 Å². The molecule has 0 N–H and O–H groups in total. The molecule has 0 aliphatic heterocycles. The van der Waals surface area contributed by atoms with Crippen molar-refractivity contribution in [1.82, 2.24) is 4.90 Å². The molecule has 2 rings (SSSR count). The monoisotopic (exact) mass is 221 g/mol. The van der Waals surface area contributed by atoms with Crippen LogP contribution >= 0.6 is 0 Å². The van der Waals surface area contributed by atoms with Crippen LogP contribution in [-0.2, 0) is 11.2 Å². The van der Waals surface area contributed by atoms with Crippen molar-refractivity contribution < 1.29 is 9.18 Å². The van der Waals surface area contributed by atoms with Gasteiger partial charge in [0.1, 0.15) is 5.82 Å². The fourth-order valence-corrected chi connectivity index (χ4v) is 2.37. The highest BCUT2D eigenvalue weighted by Crippen LogP contribution is 2.33. The van der Waals surface area contributed by atoms with Gasteiger partial charge < -0.3 is 4.90 Å². The molecule has 3 heteroatoms. The van der Waals surface area contributed by atoms with Crippen molar-refractivity contribution in [1.29, 1.82) is 0 Å². The quantitative estimate of drug-likeness (QED) is 0.714. The van der Waals surface area contributed by atoms with Crippen LogP contribution in [0, 0.1) is 5.82 Å². The second-order valence-electron chi connectivity index (χ2n) is 4.38. The fourth-order valence-electron chi connectivity index (χ4n) is 2.37. The molecule has 0 radical (unpaired) electrons. The molecule has 0 bridgehead atoms. The predicted molar refractivity (Wildman–Crippen MR) is 60.5 cm³/mol. The Labute approximate surface area is 95.1 Å². The summed E-state index contributed by atoms with van der Waals surface area (Å²) in [6, 6.07) is 4.94. The number of rotatable bonds is 1. The van der Waals surface area contributed by atoms with Gasteiger partial charge in [0.05, 0.1) is 6.04 Å². The van der Waals surface area contributed by atoms with E-state index >= 15 is 0 Å². The van der Waals surface area contributed by atoms with Crippen molar-refractivity contribution in [2.45, 2.75) is 32.2 Å². The van der Waals surface area contributed by atoms with Crippen LogP contribution in [0.25, 0.3) is 0 Å². The van der Waals surface area contributed by atoms with Crippen molar-refractivity contribution in [2.24, 2.45) is 0 Å². The van der Waals surface area contributed by atoms with E-state index in [2.05, 4.69) is 0 Å². The van der Waals surface area contributed by atoms with Gasteiger partial charge in [0.15, 0.2) is 0 Å². The molecular weight excluding hydrogens is 205 g/mol. The Morgan fingerprint density at radius 1 is 1.50 bits per heavy atom. The number of fused-ring (bicyclic) bond motifs is 1. The van der Waals surface area contributed by atoms with Crippen LogP contribution in [-0.4, -0.2) is 17.9 Å². The van der Waals surface area contributed by atoms with Crippen LogP contribution in [0.2, 0.25) is 0 Å². The predicted octanol–water partition coefficient (Wildman–Crippen LogP) is 2.68. The van der Waals surface area contributed by atoms with E-state index in [1.54, 1.807) is 24.9 Å². The minimum Gasteiger partial charge on any atom is -0.339 e. The normalized spacial score (nSPS) is 19.1. The van der Waals surface area contributed by atoms with E-state index in [0.717, 1.165) is 24.8 Å². The molecule has 1 atom stereocenters. The average Bonchev–Trinajstić information content (AvgIpc) is 2.27. The largest absolute Gasteiger partial charge is 0.339 e. The molecule has 1 amide bonds. The molecule has 86 valence electrons. The van der Waals surface area contributed by atoms with Gasteiger partial charge in [-0.2, -0.15) is 0 Å². The lowest BCUT2D eigenvalue weighted by molar-refractivity contribution is -0.130. The summed E-state index contributed by atoms with van der Waals surface area (Å²) in [5.41, 5.74) is 2.15. The number of halogens is 1. The lowest BCUT2D eigenvalue weighted by Gasteiger charge is -2.32. The second kappa shape index (κ2) is 4.24. The van der Waals surface area contributed by atoms with Crippen molar-refractivity contribution in [3.05, 3.63) is 35.1 Å². The molecular formula is C13H16FNO. The van der Waals surface area contributed by atoms with Crippen LogP contribution in [0.3, 0.4) is 0 Å². The first-order valence-corrected chi connectivity index (χ1v) is 5.61. The topological polar surface area (TPSA) is 20.3 Å². The minimum atomic E-state index is -0.220. The molecule has 1 aliphatic rings. The lowest BCUT2D eigenvalue weighted by atomic mass is 9.87. The zero-order valence-corrected chi connectivity index (χ0v) is 9.66. The average molecular weight is 221 g/mol. The molecule has 0 heterocycles. The van der Waals surface area contributed by atoms with Crippen molar-refractivity contribution >= 4 is 5.91 Å². The van der Waals surface area contributed by atoms with Crippen LogP contribution in [0.5, 0.6) is 0 Å². The zero-order chi connectivity index (χ0) is 11.7. The molecule has 2 nitrogen and oxygen atoms in total. The third kappa shape index (κ3) is 1.94. The number of hydrogen-bond acceptors (Lipinski definition) is 1. The van der Waals surface area contributed by atoms with Gasteiger partial charge in [-0.15, -0.1) is 0 Å². The van der Waals surface area contributed by atoms with E-state index in [-0.39, 0.29) is 17.8 Å². The second-order valence-corrected chi connectivity index (χ2v) is 4.38. The Morgan fingerprint density at radius 3 is 2.94 bits per heavy atom. The van der Waals surface area contributed by atoms with E-state index in [1.165, 1.54) is 11.6 Å². The number of aryl methyl sites for hydroxylation is 1. The Balaban J connectivity index is 2.38. The highest BCUT2D eigenvalue weighted by molar-refractivity contribution is 5.73. The number of carbonyl (C=O) groups is 1. The van der Waals surface area contributed by atoms with E-state index in [9.17, 15) is 9.18 Å². The van der Waals surface area contributed by atoms with E-state index in [0.29, 0.717) is 0 Å². The highest BCUT2D eigenvalue weighted by Gasteiger charge is 2.25. The SMILES string of the molecule is CC(=O)N(C)C1CCCc2ccc(F)cc21. The summed E-state index contributed by atoms with van der Waals surface area (Å²) in [5, 5.41) is 0. The highest BCUT2D eigenvalue weighted by atomic mass is 19.1. The summed E-state index contributed by atoms with van der Waals surface area (Å²) in [7, 11) is 1.78. The van der Waals surface area contributed by atoms with Crippen molar-refractivity contribution in [3.8, 4) is 0 Å². The molecule has 0 saturated carbocycles. The van der Waals surface area contributed by atoms with Crippen LogP contribution in [0.1, 0.15) is 36.9 Å². The van der Waals surface area contributed by atoms with Crippen LogP contribution < -0.4 is 0 Å². The molecule has 0 spiro atoms. The summed E-state index contributed by atoms with van der Waals surface area (Å²) in [6.07, 6.45) is 2.96. The van der Waals surface area contributed by atoms with E-state index in [1.807, 2.05) is 6.07 Å². The van der Waals surface area contributed by atoms with Gasteiger partial charge in [0.2, 0.25) is 5.91 Å². The number of carbonyl (C=O) groups excluding carboxylic acids is 1. The summed E-state index contributed by atoms with van der Waals surface area (Å²) in [6.45, 7) is 1.55. The number of amides is 1. The van der Waals surface area contributed by atoms with Gasteiger partial charge in [-0.25, -0.2) is 4.39 Å². The van der Waals surface area contributed by atoms with Gasteiger partial charge in [-0.1, -0.05) is 6.07 Å². The Bertz CT molecular complexity index is 416. The molecule has 1 aromatic carbocycles. The summed E-state index contributed by atoms with van der Waals surface area (Å²) in [4.78, 5) is 13.1. The lowest BCUT2D eigenvalue weighted by Crippen LogP contribution is -2.31. The van der Waals surface area contributed by atoms with Gasteiger partial charge in [0, 0.05) is 14.0 Å². The molecule has 16 heavy (non-hydrogen) atoms. The Hall–Kier alpha value is -1.38. The van der Waals surface area contributed by atoms with Crippen molar-refractivity contribution in [2.75, 3.05) is 7.05 Å². The third-order valence-electron chi connectivity index (χ3n) is 3.35. The summed E-state index contributed by atoms with van der Waals surface area (Å²) < 4.78 is 13.2. The molecule has 1 unspecified atom stereocenters. The maximum absolute atomic E-state index is 13.2. The first-order chi connectivity index (χ1) is 7.59. The van der Waals surface area contributed by atoms with Gasteiger partial charge >= 0.3 is 0 Å².